The van der Waals surface area contributed by atoms with Crippen molar-refractivity contribution < 1.29 is 14.0 Å². The molecule has 6 heteroatoms. The number of likely N-dealkylation sites (N-methyl/N-ethyl adjacent to an activating group) is 1. The fraction of sp³-hybridized carbons (Fsp3) is 0.320. The van der Waals surface area contributed by atoms with Gasteiger partial charge in [0.15, 0.2) is 11.5 Å². The zero-order valence-electron chi connectivity index (χ0n) is 17.6. The van der Waals surface area contributed by atoms with Crippen LogP contribution in [0.2, 0.25) is 0 Å². The molecule has 1 aliphatic rings. The van der Waals surface area contributed by atoms with Crippen molar-refractivity contribution in [2.45, 2.75) is 38.1 Å². The minimum Gasteiger partial charge on any atom is -0.449 e. The molecule has 6 nitrogen and oxygen atoms in total. The molecule has 3 aromatic rings. The Bertz CT molecular complexity index is 1020. The van der Waals surface area contributed by atoms with E-state index in [2.05, 4.69) is 15.6 Å². The molecule has 1 aliphatic carbocycles. The molecule has 4 rings (SSSR count). The summed E-state index contributed by atoms with van der Waals surface area (Å²) in [7, 11) is 1.60. The Morgan fingerprint density at radius 2 is 1.74 bits per heavy atom. The monoisotopic (exact) mass is 417 g/mol. The molecular weight excluding hydrogens is 390 g/mol. The number of hydrogen-bond donors (Lipinski definition) is 2. The molecule has 0 aliphatic heterocycles. The number of hydrogen-bond acceptors (Lipinski definition) is 4. The van der Waals surface area contributed by atoms with Crippen LogP contribution in [-0.4, -0.2) is 29.9 Å². The molecule has 2 N–H and O–H groups in total. The number of rotatable bonds is 6. The maximum atomic E-state index is 12.8. The molecule has 160 valence electrons. The van der Waals surface area contributed by atoms with Crippen molar-refractivity contribution >= 4 is 11.8 Å². The van der Waals surface area contributed by atoms with Gasteiger partial charge in [-0.15, -0.1) is 0 Å². The van der Waals surface area contributed by atoms with Gasteiger partial charge in [-0.1, -0.05) is 55.7 Å². The molecule has 0 radical (unpaired) electrons. The average Bonchev–Trinajstić information content (AvgIpc) is 3.34. The number of carbonyl (C=O) groups excluding carboxylic acids is 2. The van der Waals surface area contributed by atoms with E-state index >= 15 is 0 Å². The maximum absolute atomic E-state index is 12.8. The molecule has 2 aromatic heterocycles. The van der Waals surface area contributed by atoms with Crippen molar-refractivity contribution in [3.63, 3.8) is 0 Å². The van der Waals surface area contributed by atoms with Crippen LogP contribution in [0, 0.1) is 5.92 Å². The minimum absolute atomic E-state index is 0.152. The number of amides is 2. The van der Waals surface area contributed by atoms with E-state index in [1.54, 1.807) is 25.4 Å². The Kier molecular flexibility index (Phi) is 6.46. The van der Waals surface area contributed by atoms with Crippen LogP contribution < -0.4 is 10.6 Å². The van der Waals surface area contributed by atoms with Gasteiger partial charge < -0.3 is 15.1 Å². The molecule has 0 spiro atoms. The first-order valence-electron chi connectivity index (χ1n) is 10.8. The normalized spacial score (nSPS) is 15.3. The highest BCUT2D eigenvalue weighted by Gasteiger charge is 2.31. The SMILES string of the molecule is CNC(=O)[C@@H](NC(=O)c1ccc(-c2ccc(-c3ccccc3)cn2)o1)C1CCCCC1. The highest BCUT2D eigenvalue weighted by Crippen LogP contribution is 2.28. The number of aromatic nitrogens is 1. The lowest BCUT2D eigenvalue weighted by Crippen LogP contribution is -2.50. The van der Waals surface area contributed by atoms with Gasteiger partial charge in [0.2, 0.25) is 5.91 Å². The van der Waals surface area contributed by atoms with E-state index in [9.17, 15) is 9.59 Å². The molecule has 1 aromatic carbocycles. The Morgan fingerprint density at radius 1 is 0.968 bits per heavy atom. The van der Waals surface area contributed by atoms with Gasteiger partial charge in [0.05, 0.1) is 0 Å². The lowest BCUT2D eigenvalue weighted by Gasteiger charge is -2.29. The van der Waals surface area contributed by atoms with Crippen LogP contribution in [0.3, 0.4) is 0 Å². The summed E-state index contributed by atoms with van der Waals surface area (Å²) in [5, 5.41) is 5.56. The number of benzene rings is 1. The quantitative estimate of drug-likeness (QED) is 0.621. The van der Waals surface area contributed by atoms with Crippen molar-refractivity contribution in [3.05, 3.63) is 66.6 Å². The van der Waals surface area contributed by atoms with Gasteiger partial charge in [0.1, 0.15) is 11.7 Å². The van der Waals surface area contributed by atoms with E-state index in [-0.39, 0.29) is 23.5 Å². The van der Waals surface area contributed by atoms with Crippen molar-refractivity contribution in [1.82, 2.24) is 15.6 Å². The van der Waals surface area contributed by atoms with Crippen molar-refractivity contribution in [2.75, 3.05) is 7.05 Å². The number of furan rings is 1. The van der Waals surface area contributed by atoms with Crippen LogP contribution in [-0.2, 0) is 4.79 Å². The maximum Gasteiger partial charge on any atom is 0.287 e. The molecule has 0 saturated heterocycles. The lowest BCUT2D eigenvalue weighted by molar-refractivity contribution is -0.124. The van der Waals surface area contributed by atoms with Crippen LogP contribution in [0.25, 0.3) is 22.6 Å². The first-order chi connectivity index (χ1) is 15.2. The summed E-state index contributed by atoms with van der Waals surface area (Å²) in [5.41, 5.74) is 2.74. The van der Waals surface area contributed by atoms with Crippen molar-refractivity contribution in [2.24, 2.45) is 5.92 Å². The van der Waals surface area contributed by atoms with Gasteiger partial charge in [0, 0.05) is 18.8 Å². The van der Waals surface area contributed by atoms with Gasteiger partial charge in [-0.05, 0) is 42.5 Å². The summed E-state index contributed by atoms with van der Waals surface area (Å²) in [6.07, 6.45) is 7.03. The first-order valence-corrected chi connectivity index (χ1v) is 10.8. The van der Waals surface area contributed by atoms with Gasteiger partial charge in [-0.3, -0.25) is 14.6 Å². The van der Waals surface area contributed by atoms with Gasteiger partial charge >= 0.3 is 0 Å². The van der Waals surface area contributed by atoms with Gasteiger partial charge in [0.25, 0.3) is 5.91 Å². The fourth-order valence-corrected chi connectivity index (χ4v) is 4.17. The second-order valence-corrected chi connectivity index (χ2v) is 7.93. The molecular formula is C25H27N3O3. The molecule has 0 unspecified atom stereocenters. The van der Waals surface area contributed by atoms with Crippen LogP contribution >= 0.6 is 0 Å². The van der Waals surface area contributed by atoms with E-state index in [1.165, 1.54) is 6.42 Å². The Labute approximate surface area is 182 Å². The average molecular weight is 418 g/mol. The summed E-state index contributed by atoms with van der Waals surface area (Å²) in [6.45, 7) is 0. The minimum atomic E-state index is -0.547. The van der Waals surface area contributed by atoms with E-state index in [4.69, 9.17) is 4.42 Å². The summed E-state index contributed by atoms with van der Waals surface area (Å²) < 4.78 is 5.77. The van der Waals surface area contributed by atoms with E-state index in [0.717, 1.165) is 36.8 Å². The van der Waals surface area contributed by atoms with Gasteiger partial charge in [-0.25, -0.2) is 0 Å². The molecule has 1 saturated carbocycles. The number of nitrogens with one attached hydrogen (secondary N) is 2. The predicted molar refractivity (Wildman–Crippen MR) is 119 cm³/mol. The molecule has 2 amide bonds. The number of nitrogens with zero attached hydrogens (tertiary/aromatic N) is 1. The fourth-order valence-electron chi connectivity index (χ4n) is 4.17. The highest BCUT2D eigenvalue weighted by molar-refractivity contribution is 5.96. The predicted octanol–water partition coefficient (Wildman–Crippen LogP) is 4.43. The molecule has 1 atom stereocenters. The highest BCUT2D eigenvalue weighted by atomic mass is 16.4. The van der Waals surface area contributed by atoms with Crippen LogP contribution in [0.4, 0.5) is 0 Å². The molecule has 31 heavy (non-hydrogen) atoms. The molecule has 0 bridgehead atoms. The van der Waals surface area contributed by atoms with Crippen LogP contribution in [0.5, 0.6) is 0 Å². The topological polar surface area (TPSA) is 84.2 Å². The lowest BCUT2D eigenvalue weighted by atomic mass is 9.83. The van der Waals surface area contributed by atoms with E-state index in [1.807, 2.05) is 42.5 Å². The van der Waals surface area contributed by atoms with Crippen molar-refractivity contribution in [1.29, 1.82) is 0 Å². The standard InChI is InChI=1S/C25H27N3O3/c1-26-25(30)23(18-10-6-3-7-11-18)28-24(29)22-15-14-21(31-22)20-13-12-19(16-27-20)17-8-4-2-5-9-17/h2,4-5,8-9,12-16,18,23H,3,6-7,10-11H2,1H3,(H,26,30)(H,28,29)/t23-/m0/s1. The molecule has 1 fully saturated rings. The van der Waals surface area contributed by atoms with E-state index < -0.39 is 6.04 Å². The third kappa shape index (κ3) is 4.85. The third-order valence-electron chi connectivity index (χ3n) is 5.89. The second kappa shape index (κ2) is 9.60. The van der Waals surface area contributed by atoms with Crippen molar-refractivity contribution in [3.8, 4) is 22.6 Å². The second-order valence-electron chi connectivity index (χ2n) is 7.93. The van der Waals surface area contributed by atoms with Crippen LogP contribution in [0.1, 0.15) is 42.7 Å². The number of carbonyl (C=O) groups is 2. The van der Waals surface area contributed by atoms with E-state index in [0.29, 0.717) is 11.5 Å². The van der Waals surface area contributed by atoms with Gasteiger partial charge in [-0.2, -0.15) is 0 Å². The first kappa shape index (κ1) is 20.8. The Hall–Kier alpha value is -3.41. The number of pyridine rings is 1. The largest absolute Gasteiger partial charge is 0.449 e. The summed E-state index contributed by atoms with van der Waals surface area (Å²) in [6, 6.07) is 16.7. The zero-order chi connectivity index (χ0) is 21.6. The Morgan fingerprint density at radius 3 is 2.42 bits per heavy atom. The third-order valence-corrected chi connectivity index (χ3v) is 5.89. The molecule has 2 heterocycles. The summed E-state index contributed by atoms with van der Waals surface area (Å²) >= 11 is 0. The zero-order valence-corrected chi connectivity index (χ0v) is 17.6. The smallest absolute Gasteiger partial charge is 0.287 e. The summed E-state index contributed by atoms with van der Waals surface area (Å²) in [4.78, 5) is 29.7. The Balaban J connectivity index is 1.47. The summed E-state index contributed by atoms with van der Waals surface area (Å²) in [5.74, 6) is 0.295. The van der Waals surface area contributed by atoms with Crippen LogP contribution in [0.15, 0.2) is 65.2 Å².